The Hall–Kier alpha value is -0.0800. The summed E-state index contributed by atoms with van der Waals surface area (Å²) in [5, 5.41) is 3.80. The van der Waals surface area contributed by atoms with Crippen molar-refractivity contribution in [2.24, 2.45) is 11.8 Å². The maximum atomic E-state index is 5.58. The summed E-state index contributed by atoms with van der Waals surface area (Å²) in [7, 11) is 0. The van der Waals surface area contributed by atoms with Crippen molar-refractivity contribution < 1.29 is 4.74 Å². The highest BCUT2D eigenvalue weighted by molar-refractivity contribution is 4.80. The molecule has 0 amide bonds. The first-order valence-electron chi connectivity index (χ1n) is 7.49. The van der Waals surface area contributed by atoms with Crippen molar-refractivity contribution in [3.63, 3.8) is 0 Å². The molecule has 0 aliphatic heterocycles. The summed E-state index contributed by atoms with van der Waals surface area (Å²) in [5.41, 5.74) is 0. The monoisotopic (exact) mass is 241 g/mol. The van der Waals surface area contributed by atoms with Gasteiger partial charge in [0, 0.05) is 18.7 Å². The third-order valence-electron chi connectivity index (χ3n) is 4.14. The van der Waals surface area contributed by atoms with Crippen molar-refractivity contribution in [2.45, 2.75) is 71.9 Å². The van der Waals surface area contributed by atoms with E-state index >= 15 is 0 Å². The van der Waals surface area contributed by atoms with Gasteiger partial charge in [-0.1, -0.05) is 33.1 Å². The molecule has 0 spiro atoms. The van der Waals surface area contributed by atoms with Crippen LogP contribution < -0.4 is 5.32 Å². The molecule has 0 aromatic rings. The summed E-state index contributed by atoms with van der Waals surface area (Å²) in [5.74, 6) is 1.53. The molecule has 1 rings (SSSR count). The van der Waals surface area contributed by atoms with E-state index in [-0.39, 0.29) is 0 Å². The van der Waals surface area contributed by atoms with Crippen LogP contribution in [0, 0.1) is 11.8 Å². The van der Waals surface area contributed by atoms with Gasteiger partial charge in [0.25, 0.3) is 0 Å². The molecule has 0 aromatic carbocycles. The van der Waals surface area contributed by atoms with E-state index in [9.17, 15) is 0 Å². The lowest BCUT2D eigenvalue weighted by molar-refractivity contribution is 0.0976. The molecule has 0 radical (unpaired) electrons. The van der Waals surface area contributed by atoms with Crippen LogP contribution in [0.1, 0.15) is 59.8 Å². The first-order valence-corrected chi connectivity index (χ1v) is 7.49. The second-order valence-electron chi connectivity index (χ2n) is 5.86. The molecule has 17 heavy (non-hydrogen) atoms. The summed E-state index contributed by atoms with van der Waals surface area (Å²) in [6.45, 7) is 10.7. The molecule has 1 fully saturated rings. The summed E-state index contributed by atoms with van der Waals surface area (Å²) >= 11 is 0. The number of ether oxygens (including phenoxy) is 1. The highest BCUT2D eigenvalue weighted by Gasteiger charge is 2.23. The van der Waals surface area contributed by atoms with Gasteiger partial charge in [0.1, 0.15) is 0 Å². The topological polar surface area (TPSA) is 21.3 Å². The Morgan fingerprint density at radius 3 is 2.29 bits per heavy atom. The first-order chi connectivity index (χ1) is 8.15. The van der Waals surface area contributed by atoms with Crippen molar-refractivity contribution in [1.29, 1.82) is 0 Å². The molecule has 2 unspecified atom stereocenters. The molecule has 1 aliphatic rings. The molecule has 2 nitrogen and oxygen atoms in total. The molecule has 1 N–H and O–H groups in total. The van der Waals surface area contributed by atoms with E-state index in [0.717, 1.165) is 19.1 Å². The molecule has 2 atom stereocenters. The number of nitrogens with one attached hydrogen (secondary N) is 1. The average molecular weight is 241 g/mol. The lowest BCUT2D eigenvalue weighted by Gasteiger charge is -2.33. The standard InChI is InChI=1S/C15H31NO/c1-5-17-11-15(12(2)3)16-13(4)14-9-7-6-8-10-14/h12-16H,5-11H2,1-4H3. The van der Waals surface area contributed by atoms with Gasteiger partial charge in [0.15, 0.2) is 0 Å². The maximum absolute atomic E-state index is 5.58. The second-order valence-corrected chi connectivity index (χ2v) is 5.86. The van der Waals surface area contributed by atoms with E-state index in [1.165, 1.54) is 32.1 Å². The van der Waals surface area contributed by atoms with Crippen molar-refractivity contribution >= 4 is 0 Å². The van der Waals surface area contributed by atoms with E-state index in [2.05, 4.69) is 33.0 Å². The third-order valence-corrected chi connectivity index (χ3v) is 4.14. The summed E-state index contributed by atoms with van der Waals surface area (Å²) < 4.78 is 5.58. The highest BCUT2D eigenvalue weighted by Crippen LogP contribution is 2.26. The van der Waals surface area contributed by atoms with E-state index in [0.29, 0.717) is 18.0 Å². The predicted molar refractivity (Wildman–Crippen MR) is 74.3 cm³/mol. The van der Waals surface area contributed by atoms with Crippen LogP contribution in [0.5, 0.6) is 0 Å². The minimum absolute atomic E-state index is 0.506. The van der Waals surface area contributed by atoms with Crippen molar-refractivity contribution in [1.82, 2.24) is 5.32 Å². The summed E-state index contributed by atoms with van der Waals surface area (Å²) in [6, 6.07) is 1.15. The van der Waals surface area contributed by atoms with Gasteiger partial charge < -0.3 is 10.1 Å². The normalized spacial score (nSPS) is 21.7. The van der Waals surface area contributed by atoms with Crippen molar-refractivity contribution in [2.75, 3.05) is 13.2 Å². The van der Waals surface area contributed by atoms with Gasteiger partial charge in [-0.05, 0) is 38.5 Å². The zero-order valence-electron chi connectivity index (χ0n) is 12.2. The minimum Gasteiger partial charge on any atom is -0.380 e. The fourth-order valence-corrected chi connectivity index (χ4v) is 2.79. The lowest BCUT2D eigenvalue weighted by Crippen LogP contribution is -2.46. The van der Waals surface area contributed by atoms with Crippen LogP contribution >= 0.6 is 0 Å². The van der Waals surface area contributed by atoms with Gasteiger partial charge in [-0.3, -0.25) is 0 Å². The Morgan fingerprint density at radius 1 is 1.12 bits per heavy atom. The van der Waals surface area contributed by atoms with Gasteiger partial charge in [0.2, 0.25) is 0 Å². The Balaban J connectivity index is 2.36. The van der Waals surface area contributed by atoms with Crippen molar-refractivity contribution in [3.8, 4) is 0 Å². The minimum atomic E-state index is 0.506. The fourth-order valence-electron chi connectivity index (χ4n) is 2.79. The maximum Gasteiger partial charge on any atom is 0.0622 e. The molecule has 0 heterocycles. The molecular formula is C15H31NO. The Kier molecular flexibility index (Phi) is 7.14. The van der Waals surface area contributed by atoms with Crippen LogP contribution in [-0.2, 0) is 4.74 Å². The van der Waals surface area contributed by atoms with Crippen molar-refractivity contribution in [3.05, 3.63) is 0 Å². The van der Waals surface area contributed by atoms with Crippen LogP contribution in [0.25, 0.3) is 0 Å². The molecular weight excluding hydrogens is 210 g/mol. The van der Waals surface area contributed by atoms with Gasteiger partial charge in [-0.2, -0.15) is 0 Å². The third kappa shape index (κ3) is 5.39. The highest BCUT2D eigenvalue weighted by atomic mass is 16.5. The van der Waals surface area contributed by atoms with Gasteiger partial charge in [-0.15, -0.1) is 0 Å². The fraction of sp³-hybridized carbons (Fsp3) is 1.00. The van der Waals surface area contributed by atoms with Crippen LogP contribution in [0.2, 0.25) is 0 Å². The predicted octanol–water partition coefficient (Wildman–Crippen LogP) is 3.61. The number of rotatable bonds is 7. The zero-order valence-corrected chi connectivity index (χ0v) is 12.2. The van der Waals surface area contributed by atoms with Crippen LogP contribution in [-0.4, -0.2) is 25.3 Å². The lowest BCUT2D eigenvalue weighted by atomic mass is 9.84. The molecule has 0 saturated heterocycles. The Bertz CT molecular complexity index is 187. The first kappa shape index (κ1) is 15.0. The molecule has 102 valence electrons. The SMILES string of the molecule is CCOCC(NC(C)C1CCCCC1)C(C)C. The number of hydrogen-bond donors (Lipinski definition) is 1. The molecule has 1 saturated carbocycles. The molecule has 0 aromatic heterocycles. The Morgan fingerprint density at radius 2 is 1.76 bits per heavy atom. The largest absolute Gasteiger partial charge is 0.380 e. The zero-order chi connectivity index (χ0) is 12.7. The number of hydrogen-bond acceptors (Lipinski definition) is 2. The van der Waals surface area contributed by atoms with Gasteiger partial charge >= 0.3 is 0 Å². The van der Waals surface area contributed by atoms with E-state index in [1.807, 2.05) is 0 Å². The van der Waals surface area contributed by atoms with Gasteiger partial charge in [0.05, 0.1) is 6.61 Å². The molecule has 1 aliphatic carbocycles. The summed E-state index contributed by atoms with van der Waals surface area (Å²) in [6.07, 6.45) is 7.11. The molecule has 2 heteroatoms. The van der Waals surface area contributed by atoms with E-state index in [1.54, 1.807) is 0 Å². The molecule has 0 bridgehead atoms. The smallest absolute Gasteiger partial charge is 0.0622 e. The Labute approximate surface area is 108 Å². The van der Waals surface area contributed by atoms with Crippen LogP contribution in [0.3, 0.4) is 0 Å². The van der Waals surface area contributed by atoms with Crippen LogP contribution in [0.4, 0.5) is 0 Å². The average Bonchev–Trinajstić information content (AvgIpc) is 2.35. The van der Waals surface area contributed by atoms with E-state index < -0.39 is 0 Å². The summed E-state index contributed by atoms with van der Waals surface area (Å²) in [4.78, 5) is 0. The van der Waals surface area contributed by atoms with Gasteiger partial charge in [-0.25, -0.2) is 0 Å². The quantitative estimate of drug-likeness (QED) is 0.735. The van der Waals surface area contributed by atoms with E-state index in [4.69, 9.17) is 4.74 Å². The second kappa shape index (κ2) is 8.10. The van der Waals surface area contributed by atoms with Crippen LogP contribution in [0.15, 0.2) is 0 Å².